The van der Waals surface area contributed by atoms with E-state index in [1.807, 2.05) is 24.3 Å². The molecule has 0 aliphatic heterocycles. The second kappa shape index (κ2) is 4.87. The quantitative estimate of drug-likeness (QED) is 0.599. The van der Waals surface area contributed by atoms with Gasteiger partial charge in [-0.3, -0.25) is 0 Å². The molecule has 0 atom stereocenters. The van der Waals surface area contributed by atoms with Crippen LogP contribution >= 0.6 is 11.3 Å². The third-order valence-corrected chi connectivity index (χ3v) is 3.40. The predicted molar refractivity (Wildman–Crippen MR) is 65.1 cm³/mol. The van der Waals surface area contributed by atoms with E-state index in [0.717, 1.165) is 10.5 Å². The van der Waals surface area contributed by atoms with Gasteiger partial charge in [-0.1, -0.05) is 42.5 Å². The molecular formula is C13H9IrNS. The van der Waals surface area contributed by atoms with Crippen LogP contribution < -0.4 is 0 Å². The predicted octanol–water partition coefficient (Wildman–Crippen LogP) is 3.96. The van der Waals surface area contributed by atoms with Crippen molar-refractivity contribution in [1.29, 1.82) is 0 Å². The van der Waals surface area contributed by atoms with Gasteiger partial charge >= 0.3 is 0 Å². The van der Waals surface area contributed by atoms with Gasteiger partial charge in [0, 0.05) is 25.7 Å². The first-order valence-electron chi connectivity index (χ1n) is 4.84. The summed E-state index contributed by atoms with van der Waals surface area (Å²) >= 11 is 1.74. The Balaban J connectivity index is 0.000000963. The van der Waals surface area contributed by atoms with Gasteiger partial charge in [0.05, 0.1) is 10.2 Å². The van der Waals surface area contributed by atoms with Crippen LogP contribution in [0.5, 0.6) is 0 Å². The Kier molecular flexibility index (Phi) is 3.49. The van der Waals surface area contributed by atoms with Crippen LogP contribution in [0.1, 0.15) is 0 Å². The first kappa shape index (κ1) is 11.5. The topological polar surface area (TPSA) is 12.9 Å². The minimum atomic E-state index is 0. The number of aromatic nitrogens is 1. The van der Waals surface area contributed by atoms with E-state index in [9.17, 15) is 0 Å². The summed E-state index contributed by atoms with van der Waals surface area (Å²) in [6.07, 6.45) is 0. The van der Waals surface area contributed by atoms with Crippen molar-refractivity contribution in [2.75, 3.05) is 0 Å². The molecule has 1 radical (unpaired) electrons. The van der Waals surface area contributed by atoms with Crippen molar-refractivity contribution in [3.05, 3.63) is 54.6 Å². The number of para-hydroxylation sites is 1. The molecule has 0 bridgehead atoms. The summed E-state index contributed by atoms with van der Waals surface area (Å²) in [5.74, 6) is 0. The Morgan fingerprint density at radius 1 is 0.812 bits per heavy atom. The van der Waals surface area contributed by atoms with Crippen LogP contribution in [0.2, 0.25) is 0 Å². The van der Waals surface area contributed by atoms with Crippen molar-refractivity contribution in [2.45, 2.75) is 0 Å². The van der Waals surface area contributed by atoms with Crippen molar-refractivity contribution < 1.29 is 20.1 Å². The molecule has 0 saturated heterocycles. The van der Waals surface area contributed by atoms with Crippen LogP contribution in [0.3, 0.4) is 0 Å². The van der Waals surface area contributed by atoms with Crippen LogP contribution in [-0.4, -0.2) is 4.98 Å². The van der Waals surface area contributed by atoms with Crippen molar-refractivity contribution in [3.63, 3.8) is 0 Å². The molecule has 2 aromatic carbocycles. The molecule has 0 aliphatic carbocycles. The van der Waals surface area contributed by atoms with E-state index in [1.54, 1.807) is 11.3 Å². The molecule has 3 rings (SSSR count). The van der Waals surface area contributed by atoms with Crippen LogP contribution in [0.25, 0.3) is 20.8 Å². The largest absolute Gasteiger partial charge is 0.236 e. The molecule has 0 unspecified atom stereocenters. The Hall–Kier alpha value is -1.02. The summed E-state index contributed by atoms with van der Waals surface area (Å²) in [7, 11) is 0. The van der Waals surface area contributed by atoms with E-state index in [1.165, 1.54) is 10.3 Å². The average molecular weight is 404 g/mol. The van der Waals surface area contributed by atoms with Crippen LogP contribution in [0.4, 0.5) is 0 Å². The molecule has 0 N–H and O–H groups in total. The summed E-state index contributed by atoms with van der Waals surface area (Å²) in [6.45, 7) is 0. The van der Waals surface area contributed by atoms with E-state index >= 15 is 0 Å². The van der Waals surface area contributed by atoms with Crippen molar-refractivity contribution in [1.82, 2.24) is 4.98 Å². The molecule has 0 saturated carbocycles. The maximum absolute atomic E-state index is 4.60. The second-order valence-electron chi connectivity index (χ2n) is 3.35. The van der Waals surface area contributed by atoms with Gasteiger partial charge in [-0.2, -0.15) is 0 Å². The van der Waals surface area contributed by atoms with E-state index in [-0.39, 0.29) is 20.1 Å². The Morgan fingerprint density at radius 3 is 2.25 bits per heavy atom. The monoisotopic (exact) mass is 404 g/mol. The molecule has 3 heteroatoms. The molecule has 81 valence electrons. The van der Waals surface area contributed by atoms with Gasteiger partial charge in [0.2, 0.25) is 0 Å². The molecule has 0 fully saturated rings. The zero-order valence-corrected chi connectivity index (χ0v) is 11.6. The van der Waals surface area contributed by atoms with Gasteiger partial charge in [-0.05, 0) is 12.1 Å². The molecule has 0 amide bonds. The van der Waals surface area contributed by atoms with E-state index in [2.05, 4.69) is 35.3 Å². The normalized spacial score (nSPS) is 10.0. The summed E-state index contributed by atoms with van der Waals surface area (Å²) in [4.78, 5) is 4.60. The zero-order valence-electron chi connectivity index (χ0n) is 8.38. The Bertz CT molecular complexity index is 556. The summed E-state index contributed by atoms with van der Waals surface area (Å²) in [6, 6.07) is 18.5. The van der Waals surface area contributed by atoms with Crippen molar-refractivity contribution in [3.8, 4) is 10.6 Å². The average Bonchev–Trinajstić information content (AvgIpc) is 2.74. The van der Waals surface area contributed by atoms with Gasteiger partial charge in [-0.15, -0.1) is 11.3 Å². The van der Waals surface area contributed by atoms with Gasteiger partial charge in [0.1, 0.15) is 5.01 Å². The summed E-state index contributed by atoms with van der Waals surface area (Å²) in [5, 5.41) is 1.09. The molecule has 16 heavy (non-hydrogen) atoms. The summed E-state index contributed by atoms with van der Waals surface area (Å²) < 4.78 is 1.25. The fraction of sp³-hybridized carbons (Fsp3) is 0. The zero-order chi connectivity index (χ0) is 10.1. The fourth-order valence-corrected chi connectivity index (χ4v) is 2.55. The molecule has 1 aromatic heterocycles. The van der Waals surface area contributed by atoms with Crippen LogP contribution in [0.15, 0.2) is 54.6 Å². The van der Waals surface area contributed by atoms with E-state index in [4.69, 9.17) is 0 Å². The smallest absolute Gasteiger partial charge is 0.124 e. The van der Waals surface area contributed by atoms with Gasteiger partial charge in [0.15, 0.2) is 0 Å². The minimum absolute atomic E-state index is 0. The van der Waals surface area contributed by atoms with Gasteiger partial charge < -0.3 is 0 Å². The Morgan fingerprint density at radius 2 is 1.50 bits per heavy atom. The number of rotatable bonds is 1. The number of nitrogens with zero attached hydrogens (tertiary/aromatic N) is 1. The maximum atomic E-state index is 4.60. The fourth-order valence-electron chi connectivity index (χ4n) is 1.58. The van der Waals surface area contributed by atoms with Gasteiger partial charge in [-0.25, -0.2) is 4.98 Å². The number of fused-ring (bicyclic) bond motifs is 1. The third-order valence-electron chi connectivity index (χ3n) is 2.31. The first-order valence-corrected chi connectivity index (χ1v) is 5.66. The second-order valence-corrected chi connectivity index (χ2v) is 4.38. The van der Waals surface area contributed by atoms with E-state index < -0.39 is 0 Å². The summed E-state index contributed by atoms with van der Waals surface area (Å²) in [5.41, 5.74) is 2.28. The van der Waals surface area contributed by atoms with Crippen LogP contribution in [-0.2, 0) is 20.1 Å². The number of hydrogen-bond donors (Lipinski definition) is 0. The molecule has 0 spiro atoms. The molecule has 0 aliphatic rings. The first-order chi connectivity index (χ1) is 7.43. The number of hydrogen-bond acceptors (Lipinski definition) is 2. The third kappa shape index (κ3) is 2.07. The van der Waals surface area contributed by atoms with Crippen molar-refractivity contribution >= 4 is 21.6 Å². The molecule has 1 heterocycles. The minimum Gasteiger partial charge on any atom is -0.236 e. The molecular weight excluding hydrogens is 394 g/mol. The van der Waals surface area contributed by atoms with Gasteiger partial charge in [0.25, 0.3) is 0 Å². The van der Waals surface area contributed by atoms with Crippen molar-refractivity contribution in [2.24, 2.45) is 0 Å². The SMILES string of the molecule is [Ir].c1ccc(-c2nc3ccccc3s2)cc1. The number of benzene rings is 2. The Labute approximate surface area is 112 Å². The molecule has 1 nitrogen and oxygen atoms in total. The number of thiazole rings is 1. The van der Waals surface area contributed by atoms with Crippen LogP contribution in [0, 0.1) is 0 Å². The van der Waals surface area contributed by atoms with E-state index in [0.29, 0.717) is 0 Å². The maximum Gasteiger partial charge on any atom is 0.124 e. The standard InChI is InChI=1S/C13H9NS.Ir/c1-2-6-10(7-3-1)13-14-11-8-4-5-9-12(11)15-13;/h1-9H;. The molecule has 3 aromatic rings.